The monoisotopic (exact) mass is 425 g/mol. The summed E-state index contributed by atoms with van der Waals surface area (Å²) in [4.78, 5) is 25.1. The van der Waals surface area contributed by atoms with Crippen LogP contribution in [0, 0.1) is 13.8 Å². The van der Waals surface area contributed by atoms with Gasteiger partial charge in [0.1, 0.15) is 0 Å². The van der Waals surface area contributed by atoms with Crippen molar-refractivity contribution in [2.45, 2.75) is 33.7 Å². The number of benzene rings is 1. The molecule has 5 nitrogen and oxygen atoms in total. The van der Waals surface area contributed by atoms with E-state index < -0.39 is 0 Å². The number of carbonyl (C=O) groups excluding carboxylic acids is 1. The minimum absolute atomic E-state index is 0.197. The molecular formula is C18H21BrClN3O2. The van der Waals surface area contributed by atoms with E-state index in [1.54, 1.807) is 26.0 Å². The summed E-state index contributed by atoms with van der Waals surface area (Å²) in [6, 6.07) is 7.29. The highest BCUT2D eigenvalue weighted by Gasteiger charge is 2.20. The van der Waals surface area contributed by atoms with Gasteiger partial charge in [-0.1, -0.05) is 30.7 Å². The largest absolute Gasteiger partial charge is 0.348 e. The van der Waals surface area contributed by atoms with Crippen molar-refractivity contribution in [2.75, 3.05) is 12.0 Å². The maximum atomic E-state index is 12.7. The Kier molecular flexibility index (Phi) is 6.67. The third kappa shape index (κ3) is 4.44. The lowest BCUT2D eigenvalue weighted by Crippen LogP contribution is -2.36. The van der Waals surface area contributed by atoms with E-state index in [-0.39, 0.29) is 11.5 Å². The van der Waals surface area contributed by atoms with Crippen molar-refractivity contribution in [2.24, 2.45) is 0 Å². The van der Waals surface area contributed by atoms with E-state index in [1.807, 2.05) is 19.1 Å². The molecule has 1 aromatic carbocycles. The van der Waals surface area contributed by atoms with Gasteiger partial charge in [-0.15, -0.1) is 0 Å². The number of hydrogen-bond acceptors (Lipinski definition) is 3. The van der Waals surface area contributed by atoms with Crippen LogP contribution in [-0.2, 0) is 6.54 Å². The van der Waals surface area contributed by atoms with E-state index >= 15 is 0 Å². The van der Waals surface area contributed by atoms with Crippen LogP contribution in [0.1, 0.15) is 40.5 Å². The van der Waals surface area contributed by atoms with Crippen molar-refractivity contribution in [3.8, 4) is 0 Å². The minimum atomic E-state index is -0.224. The fraction of sp³-hybridized carbons (Fsp3) is 0.333. The first kappa shape index (κ1) is 19.5. The maximum absolute atomic E-state index is 12.7. The second-order valence-corrected chi connectivity index (χ2v) is 6.99. The van der Waals surface area contributed by atoms with Gasteiger partial charge in [0, 0.05) is 18.1 Å². The summed E-state index contributed by atoms with van der Waals surface area (Å²) in [7, 11) is 0. The SMILES string of the molecule is CCCNn1c(C)c(C(=O)NCc2ccc(Cl)cc2)c(C)c(Br)c1=O. The molecule has 2 rings (SSSR count). The third-order valence-electron chi connectivity index (χ3n) is 3.91. The van der Waals surface area contributed by atoms with Gasteiger partial charge < -0.3 is 10.7 Å². The lowest BCUT2D eigenvalue weighted by molar-refractivity contribution is 0.0948. The zero-order valence-electron chi connectivity index (χ0n) is 14.5. The third-order valence-corrected chi connectivity index (χ3v) is 5.09. The van der Waals surface area contributed by atoms with E-state index in [2.05, 4.69) is 26.7 Å². The van der Waals surface area contributed by atoms with Crippen molar-refractivity contribution in [3.63, 3.8) is 0 Å². The number of carbonyl (C=O) groups is 1. The van der Waals surface area contributed by atoms with Crippen LogP contribution < -0.4 is 16.3 Å². The summed E-state index contributed by atoms with van der Waals surface area (Å²) in [6.45, 7) is 6.56. The van der Waals surface area contributed by atoms with Gasteiger partial charge in [0.25, 0.3) is 11.5 Å². The number of nitrogens with zero attached hydrogens (tertiary/aromatic N) is 1. The first-order chi connectivity index (χ1) is 11.9. The topological polar surface area (TPSA) is 63.1 Å². The molecule has 0 aliphatic carbocycles. The van der Waals surface area contributed by atoms with Crippen LogP contribution in [0.25, 0.3) is 0 Å². The number of aromatic nitrogens is 1. The Balaban J connectivity index is 2.30. The molecule has 0 spiro atoms. The molecule has 0 saturated heterocycles. The maximum Gasteiger partial charge on any atom is 0.283 e. The quantitative estimate of drug-likeness (QED) is 0.739. The molecule has 0 fully saturated rings. The first-order valence-corrected chi connectivity index (χ1v) is 9.22. The number of nitrogens with one attached hydrogen (secondary N) is 2. The molecule has 2 N–H and O–H groups in total. The second-order valence-electron chi connectivity index (χ2n) is 5.76. The normalized spacial score (nSPS) is 10.6. The molecule has 1 amide bonds. The summed E-state index contributed by atoms with van der Waals surface area (Å²) >= 11 is 9.18. The highest BCUT2D eigenvalue weighted by molar-refractivity contribution is 9.10. The van der Waals surface area contributed by atoms with E-state index in [9.17, 15) is 9.59 Å². The van der Waals surface area contributed by atoms with E-state index in [0.717, 1.165) is 12.0 Å². The van der Waals surface area contributed by atoms with Crippen LogP contribution in [0.3, 0.4) is 0 Å². The summed E-state index contributed by atoms with van der Waals surface area (Å²) < 4.78 is 1.82. The van der Waals surface area contributed by atoms with Crippen molar-refractivity contribution >= 4 is 33.4 Å². The van der Waals surface area contributed by atoms with Gasteiger partial charge >= 0.3 is 0 Å². The van der Waals surface area contributed by atoms with Crippen molar-refractivity contribution in [1.82, 2.24) is 9.99 Å². The van der Waals surface area contributed by atoms with Crippen LogP contribution in [0.4, 0.5) is 0 Å². The molecular weight excluding hydrogens is 406 g/mol. The number of hydrogen-bond donors (Lipinski definition) is 2. The predicted octanol–water partition coefficient (Wildman–Crippen LogP) is 3.76. The minimum Gasteiger partial charge on any atom is -0.348 e. The van der Waals surface area contributed by atoms with Crippen LogP contribution in [0.15, 0.2) is 33.5 Å². The lowest BCUT2D eigenvalue weighted by atomic mass is 10.1. The predicted molar refractivity (Wildman–Crippen MR) is 105 cm³/mol. The molecule has 0 aliphatic heterocycles. The van der Waals surface area contributed by atoms with Gasteiger partial charge in [-0.3, -0.25) is 9.59 Å². The number of rotatable bonds is 6. The van der Waals surface area contributed by atoms with Crippen molar-refractivity contribution < 1.29 is 4.79 Å². The van der Waals surface area contributed by atoms with Gasteiger partial charge in [-0.05, 0) is 59.5 Å². The number of pyridine rings is 1. The average molecular weight is 427 g/mol. The molecule has 0 radical (unpaired) electrons. The van der Waals surface area contributed by atoms with E-state index in [4.69, 9.17) is 11.6 Å². The van der Waals surface area contributed by atoms with Crippen molar-refractivity contribution in [1.29, 1.82) is 0 Å². The summed E-state index contributed by atoms with van der Waals surface area (Å²) in [5, 5.41) is 3.55. The molecule has 1 heterocycles. The zero-order chi connectivity index (χ0) is 18.6. The van der Waals surface area contributed by atoms with E-state index in [0.29, 0.717) is 39.4 Å². The molecule has 0 aliphatic rings. The molecule has 0 atom stereocenters. The Labute approximate surface area is 160 Å². The molecule has 25 heavy (non-hydrogen) atoms. The van der Waals surface area contributed by atoms with Gasteiger partial charge in [-0.2, -0.15) is 0 Å². The van der Waals surface area contributed by atoms with Crippen LogP contribution in [0.5, 0.6) is 0 Å². The summed E-state index contributed by atoms with van der Waals surface area (Å²) in [5.74, 6) is -0.224. The van der Waals surface area contributed by atoms with Gasteiger partial charge in [0.15, 0.2) is 0 Å². The van der Waals surface area contributed by atoms with Crippen LogP contribution >= 0.6 is 27.5 Å². The zero-order valence-corrected chi connectivity index (χ0v) is 16.8. The molecule has 0 saturated carbocycles. The van der Waals surface area contributed by atoms with E-state index in [1.165, 1.54) is 4.68 Å². The first-order valence-electron chi connectivity index (χ1n) is 8.05. The Bertz CT molecular complexity index is 832. The molecule has 0 unspecified atom stereocenters. The Morgan fingerprint density at radius 2 is 1.88 bits per heavy atom. The highest BCUT2D eigenvalue weighted by Crippen LogP contribution is 2.19. The molecule has 7 heteroatoms. The van der Waals surface area contributed by atoms with Gasteiger partial charge in [-0.25, -0.2) is 4.68 Å². The molecule has 0 bridgehead atoms. The van der Waals surface area contributed by atoms with Crippen LogP contribution in [0.2, 0.25) is 5.02 Å². The smallest absolute Gasteiger partial charge is 0.283 e. The standard InChI is InChI=1S/C18H21BrClN3O2/c1-4-9-22-23-12(3)15(11(2)16(19)18(23)25)17(24)21-10-13-5-7-14(20)8-6-13/h5-8,22H,4,9-10H2,1-3H3,(H,21,24). The number of halogens is 2. The van der Waals surface area contributed by atoms with Crippen LogP contribution in [-0.4, -0.2) is 17.1 Å². The highest BCUT2D eigenvalue weighted by atomic mass is 79.9. The Morgan fingerprint density at radius 1 is 1.24 bits per heavy atom. The lowest BCUT2D eigenvalue weighted by Gasteiger charge is -2.18. The van der Waals surface area contributed by atoms with Gasteiger partial charge in [0.05, 0.1) is 15.7 Å². The number of amides is 1. The summed E-state index contributed by atoms with van der Waals surface area (Å²) in [6.07, 6.45) is 0.871. The summed E-state index contributed by atoms with van der Waals surface area (Å²) in [5.41, 5.74) is 5.52. The average Bonchev–Trinajstić information content (AvgIpc) is 2.59. The van der Waals surface area contributed by atoms with Gasteiger partial charge in [0.2, 0.25) is 0 Å². The second kappa shape index (κ2) is 8.54. The fourth-order valence-corrected chi connectivity index (χ4v) is 3.03. The Hall–Kier alpha value is -1.79. The fourth-order valence-electron chi connectivity index (χ4n) is 2.53. The Morgan fingerprint density at radius 3 is 2.48 bits per heavy atom. The molecule has 134 valence electrons. The molecule has 2 aromatic rings. The molecule has 1 aromatic heterocycles. The van der Waals surface area contributed by atoms with Crippen molar-refractivity contribution in [3.05, 3.63) is 66.5 Å².